The molecule has 0 aliphatic carbocycles. The van der Waals surface area contributed by atoms with Gasteiger partial charge in [0.05, 0.1) is 19.5 Å². The Morgan fingerprint density at radius 3 is 2.43 bits per heavy atom. The van der Waals surface area contributed by atoms with Crippen molar-refractivity contribution in [1.29, 1.82) is 0 Å². The zero-order chi connectivity index (χ0) is 22.0. The van der Waals surface area contributed by atoms with Gasteiger partial charge in [0.15, 0.2) is 0 Å². The second kappa shape index (κ2) is 12.2. The highest BCUT2D eigenvalue weighted by Gasteiger charge is 2.17. The summed E-state index contributed by atoms with van der Waals surface area (Å²) in [5.41, 5.74) is 2.84. The zero-order valence-corrected chi connectivity index (χ0v) is 19.3. The first-order valence-corrected chi connectivity index (χ1v) is 12.9. The van der Waals surface area contributed by atoms with Gasteiger partial charge in [-0.3, -0.25) is 4.79 Å². The number of aliphatic hydroxyl groups excluding tert-OH is 1. The van der Waals surface area contributed by atoms with Crippen molar-refractivity contribution in [2.24, 2.45) is 0 Å². The fourth-order valence-corrected chi connectivity index (χ4v) is 4.95. The number of sulfonamides is 1. The van der Waals surface area contributed by atoms with Gasteiger partial charge in [-0.1, -0.05) is 37.1 Å². The minimum atomic E-state index is -3.31. The molecule has 1 aromatic carbocycles. The highest BCUT2D eigenvalue weighted by atomic mass is 32.2. The summed E-state index contributed by atoms with van der Waals surface area (Å²) < 4.78 is 30.8. The number of hydrogen-bond donors (Lipinski definition) is 1. The Balaban J connectivity index is 1.87. The summed E-state index contributed by atoms with van der Waals surface area (Å²) in [7, 11) is -3.31. The maximum Gasteiger partial charge on any atom is 0.305 e. The van der Waals surface area contributed by atoms with Crippen molar-refractivity contribution in [3.63, 3.8) is 0 Å². The average molecular weight is 454 g/mol. The minimum absolute atomic E-state index is 0.00221. The van der Waals surface area contributed by atoms with Crippen LogP contribution in [0.25, 0.3) is 10.4 Å². The first-order chi connectivity index (χ1) is 14.3. The number of aliphatic hydroxyl groups is 1. The number of unbranched alkanes of at least 4 members (excludes halogenated alkanes) is 3. The lowest BCUT2D eigenvalue weighted by Gasteiger charge is -2.20. The molecule has 166 valence electrons. The van der Waals surface area contributed by atoms with E-state index in [1.807, 2.05) is 35.7 Å². The Bertz CT molecular complexity index is 891. The molecule has 0 saturated carbocycles. The van der Waals surface area contributed by atoms with Crippen LogP contribution >= 0.6 is 11.3 Å². The highest BCUT2D eigenvalue weighted by molar-refractivity contribution is 7.88. The highest BCUT2D eigenvalue weighted by Crippen LogP contribution is 2.30. The molecule has 1 heterocycles. The van der Waals surface area contributed by atoms with Crippen molar-refractivity contribution in [1.82, 2.24) is 4.31 Å². The van der Waals surface area contributed by atoms with Gasteiger partial charge in [-0.05, 0) is 47.9 Å². The van der Waals surface area contributed by atoms with Crippen LogP contribution in [0.1, 0.15) is 50.2 Å². The number of carbonyl (C=O) groups is 1. The van der Waals surface area contributed by atoms with Gasteiger partial charge in [0.2, 0.25) is 10.0 Å². The van der Waals surface area contributed by atoms with E-state index in [4.69, 9.17) is 4.74 Å². The van der Waals surface area contributed by atoms with Gasteiger partial charge in [0.25, 0.3) is 0 Å². The second-order valence-electron chi connectivity index (χ2n) is 7.20. The fraction of sp³-hybridized carbons (Fsp3) is 0.500. The molecule has 0 spiro atoms. The van der Waals surface area contributed by atoms with Gasteiger partial charge in [0.1, 0.15) is 0 Å². The van der Waals surface area contributed by atoms with Crippen molar-refractivity contribution in [2.45, 2.75) is 52.2 Å². The van der Waals surface area contributed by atoms with Crippen LogP contribution in [-0.2, 0) is 32.7 Å². The molecule has 0 fully saturated rings. The van der Waals surface area contributed by atoms with E-state index in [-0.39, 0.29) is 12.6 Å². The SMILES string of the molecule is CCOC(=O)CCCCCCN(Cc1ccc(-c2sccc2CO)cc1)S(C)(=O)=O. The molecule has 2 aromatic rings. The third-order valence-electron chi connectivity index (χ3n) is 4.80. The van der Waals surface area contributed by atoms with Gasteiger partial charge in [-0.25, -0.2) is 8.42 Å². The third-order valence-corrected chi connectivity index (χ3v) is 7.06. The largest absolute Gasteiger partial charge is 0.466 e. The molecular weight excluding hydrogens is 422 g/mol. The first-order valence-electron chi connectivity index (χ1n) is 10.2. The van der Waals surface area contributed by atoms with Crippen LogP contribution in [0.4, 0.5) is 0 Å². The van der Waals surface area contributed by atoms with Crippen LogP contribution in [0.15, 0.2) is 35.7 Å². The number of benzene rings is 1. The van der Waals surface area contributed by atoms with Crippen molar-refractivity contribution < 1.29 is 23.1 Å². The van der Waals surface area contributed by atoms with Gasteiger partial charge in [0, 0.05) is 24.4 Å². The summed E-state index contributed by atoms with van der Waals surface area (Å²) in [6.07, 6.45) is 4.91. The number of thiophene rings is 1. The molecule has 30 heavy (non-hydrogen) atoms. The van der Waals surface area contributed by atoms with E-state index in [0.29, 0.717) is 26.1 Å². The maximum absolute atomic E-state index is 12.2. The van der Waals surface area contributed by atoms with Crippen LogP contribution < -0.4 is 0 Å². The van der Waals surface area contributed by atoms with E-state index in [2.05, 4.69) is 0 Å². The number of ether oxygens (including phenoxy) is 1. The monoisotopic (exact) mass is 453 g/mol. The topological polar surface area (TPSA) is 83.9 Å². The van der Waals surface area contributed by atoms with Crippen molar-refractivity contribution in [3.05, 3.63) is 46.8 Å². The molecule has 0 amide bonds. The van der Waals surface area contributed by atoms with E-state index < -0.39 is 10.0 Å². The number of rotatable bonds is 13. The molecule has 8 heteroatoms. The lowest BCUT2D eigenvalue weighted by molar-refractivity contribution is -0.143. The van der Waals surface area contributed by atoms with Gasteiger partial charge >= 0.3 is 5.97 Å². The smallest absolute Gasteiger partial charge is 0.305 e. The predicted molar refractivity (Wildman–Crippen MR) is 121 cm³/mol. The quantitative estimate of drug-likeness (QED) is 0.363. The van der Waals surface area contributed by atoms with Gasteiger partial charge < -0.3 is 9.84 Å². The molecule has 0 unspecified atom stereocenters. The number of nitrogens with zero attached hydrogens (tertiary/aromatic N) is 1. The van der Waals surface area contributed by atoms with Crippen molar-refractivity contribution >= 4 is 27.3 Å². The van der Waals surface area contributed by atoms with Crippen molar-refractivity contribution in [3.8, 4) is 10.4 Å². The average Bonchev–Trinajstić information content (AvgIpc) is 3.18. The van der Waals surface area contributed by atoms with Crippen LogP contribution in [-0.4, -0.2) is 43.2 Å². The Hall–Kier alpha value is -1.74. The molecule has 1 aromatic heterocycles. The molecule has 2 rings (SSSR count). The molecule has 0 bridgehead atoms. The van der Waals surface area contributed by atoms with E-state index in [1.165, 1.54) is 10.6 Å². The molecule has 0 aliphatic rings. The molecule has 0 saturated heterocycles. The van der Waals surface area contributed by atoms with Crippen molar-refractivity contribution in [2.75, 3.05) is 19.4 Å². The third kappa shape index (κ3) is 7.83. The van der Waals surface area contributed by atoms with Gasteiger partial charge in [-0.2, -0.15) is 4.31 Å². The summed E-state index contributed by atoms with van der Waals surface area (Å²) in [4.78, 5) is 12.4. The summed E-state index contributed by atoms with van der Waals surface area (Å²) in [6.45, 7) is 2.99. The lowest BCUT2D eigenvalue weighted by atomic mass is 10.1. The number of esters is 1. The summed E-state index contributed by atoms with van der Waals surface area (Å²) in [6, 6.07) is 9.72. The van der Waals surface area contributed by atoms with Crippen LogP contribution in [0, 0.1) is 0 Å². The Kier molecular flexibility index (Phi) is 9.97. The summed E-state index contributed by atoms with van der Waals surface area (Å²) >= 11 is 1.58. The first kappa shape index (κ1) is 24.5. The van der Waals surface area contributed by atoms with E-state index in [0.717, 1.165) is 47.3 Å². The normalized spacial score (nSPS) is 11.7. The molecule has 0 aliphatic heterocycles. The van der Waals surface area contributed by atoms with E-state index in [9.17, 15) is 18.3 Å². The van der Waals surface area contributed by atoms with Gasteiger partial charge in [-0.15, -0.1) is 11.3 Å². The number of carbonyl (C=O) groups excluding carboxylic acids is 1. The van der Waals surface area contributed by atoms with Crippen LogP contribution in [0.3, 0.4) is 0 Å². The molecule has 6 nitrogen and oxygen atoms in total. The molecule has 1 N–H and O–H groups in total. The van der Waals surface area contributed by atoms with Crippen LogP contribution in [0.5, 0.6) is 0 Å². The van der Waals surface area contributed by atoms with E-state index >= 15 is 0 Å². The second-order valence-corrected chi connectivity index (χ2v) is 10.1. The minimum Gasteiger partial charge on any atom is -0.466 e. The maximum atomic E-state index is 12.2. The molecule has 0 radical (unpaired) electrons. The Morgan fingerprint density at radius 1 is 1.10 bits per heavy atom. The number of hydrogen-bond acceptors (Lipinski definition) is 6. The Morgan fingerprint density at radius 2 is 1.80 bits per heavy atom. The fourth-order valence-electron chi connectivity index (χ4n) is 3.19. The molecule has 0 atom stereocenters. The predicted octanol–water partition coefficient (Wildman–Crippen LogP) is 4.18. The molecular formula is C22H31NO5S2. The lowest BCUT2D eigenvalue weighted by Crippen LogP contribution is -2.30. The summed E-state index contributed by atoms with van der Waals surface area (Å²) in [5.74, 6) is -0.174. The summed E-state index contributed by atoms with van der Waals surface area (Å²) in [5, 5.41) is 11.4. The zero-order valence-electron chi connectivity index (χ0n) is 17.7. The van der Waals surface area contributed by atoms with E-state index in [1.54, 1.807) is 18.3 Å². The standard InChI is InChI=1S/C22H31NO5S2/c1-3-28-21(25)8-6-4-5-7-14-23(30(2,26)27)16-18-9-11-19(12-10-18)22-20(17-24)13-15-29-22/h9-13,15,24H,3-8,14,16-17H2,1-2H3. The van der Waals surface area contributed by atoms with Crippen LogP contribution in [0.2, 0.25) is 0 Å². The Labute approximate surface area is 183 Å².